The summed E-state index contributed by atoms with van der Waals surface area (Å²) in [5.74, 6) is -0.865. The van der Waals surface area contributed by atoms with Gasteiger partial charge >= 0.3 is 6.36 Å². The second kappa shape index (κ2) is 14.7. The van der Waals surface area contributed by atoms with E-state index in [1.807, 2.05) is 30.3 Å². The normalized spacial score (nSPS) is 12.2. The van der Waals surface area contributed by atoms with Gasteiger partial charge in [-0.25, -0.2) is 0 Å². The highest BCUT2D eigenvalue weighted by molar-refractivity contribution is 7.15. The van der Waals surface area contributed by atoms with Gasteiger partial charge in [0.05, 0.1) is 12.8 Å². The van der Waals surface area contributed by atoms with E-state index in [0.29, 0.717) is 29.2 Å². The minimum absolute atomic E-state index is 0.0793. The molecule has 6 N–H and O–H groups in total. The molecule has 0 aliphatic rings. The van der Waals surface area contributed by atoms with Crippen LogP contribution >= 0.6 is 11.3 Å². The molecular formula is C27H29F3N6O3S. The number of nitrogens with two attached hydrogens (primary N) is 2. The number of aryl methyl sites for hydroxylation is 1. The Bertz CT molecular complexity index is 1330. The van der Waals surface area contributed by atoms with E-state index >= 15 is 0 Å². The number of hydrogen-bond acceptors (Lipinski definition) is 8. The number of benzene rings is 2. The van der Waals surface area contributed by atoms with Crippen LogP contribution in [-0.2, 0) is 28.9 Å². The van der Waals surface area contributed by atoms with Crippen molar-refractivity contribution < 1.29 is 27.5 Å². The van der Waals surface area contributed by atoms with Crippen LogP contribution in [0, 0.1) is 0 Å². The quantitative estimate of drug-likeness (QED) is 0.176. The summed E-state index contributed by atoms with van der Waals surface area (Å²) in [7, 11) is 0. The Morgan fingerprint density at radius 2 is 1.57 bits per heavy atom. The highest BCUT2D eigenvalue weighted by atomic mass is 32.1. The Labute approximate surface area is 233 Å². The van der Waals surface area contributed by atoms with Gasteiger partial charge in [-0.3, -0.25) is 9.59 Å². The third-order valence-corrected chi connectivity index (χ3v) is 6.21. The van der Waals surface area contributed by atoms with Crippen LogP contribution in [0.25, 0.3) is 0 Å². The highest BCUT2D eigenvalue weighted by Gasteiger charge is 2.30. The summed E-state index contributed by atoms with van der Waals surface area (Å²) in [4.78, 5) is 24.3. The van der Waals surface area contributed by atoms with E-state index in [1.165, 1.54) is 29.5 Å². The SMILES string of the molecule is N/C(=C\C=C(/N)NC(=O)Cc1ccc(OC(F)(F)F)cc1)CCCCc1nnc(NC(=O)Cc2ccccc2)s1. The molecule has 0 aliphatic carbocycles. The molecule has 3 rings (SSSR count). The van der Waals surface area contributed by atoms with Crippen molar-refractivity contribution in [2.45, 2.75) is 44.9 Å². The smallest absolute Gasteiger partial charge is 0.406 e. The first-order valence-electron chi connectivity index (χ1n) is 12.3. The maximum atomic E-state index is 12.2. The number of carbonyl (C=O) groups is 2. The predicted molar refractivity (Wildman–Crippen MR) is 146 cm³/mol. The van der Waals surface area contributed by atoms with E-state index in [1.54, 1.807) is 6.08 Å². The number of nitrogens with one attached hydrogen (secondary N) is 2. The van der Waals surface area contributed by atoms with Gasteiger partial charge in [0.2, 0.25) is 16.9 Å². The van der Waals surface area contributed by atoms with Gasteiger partial charge in [0.1, 0.15) is 16.6 Å². The van der Waals surface area contributed by atoms with Crippen LogP contribution < -0.4 is 26.8 Å². The first-order chi connectivity index (χ1) is 19.1. The molecule has 0 unspecified atom stereocenters. The molecule has 3 aromatic rings. The average molecular weight is 575 g/mol. The highest BCUT2D eigenvalue weighted by Crippen LogP contribution is 2.23. The summed E-state index contributed by atoms with van der Waals surface area (Å²) >= 11 is 1.34. The van der Waals surface area contributed by atoms with Gasteiger partial charge in [0.25, 0.3) is 0 Å². The molecule has 0 saturated carbocycles. The van der Waals surface area contributed by atoms with Crippen LogP contribution in [0.4, 0.5) is 18.3 Å². The van der Waals surface area contributed by atoms with Crippen molar-refractivity contribution in [1.29, 1.82) is 0 Å². The number of alkyl halides is 3. The molecule has 1 heterocycles. The molecule has 0 spiro atoms. The van der Waals surface area contributed by atoms with Crippen molar-refractivity contribution in [2.24, 2.45) is 11.5 Å². The van der Waals surface area contributed by atoms with Gasteiger partial charge in [0.15, 0.2) is 0 Å². The lowest BCUT2D eigenvalue weighted by Crippen LogP contribution is -2.28. The summed E-state index contributed by atoms with van der Waals surface area (Å²) in [5, 5.41) is 14.7. The third-order valence-electron chi connectivity index (χ3n) is 5.31. The van der Waals surface area contributed by atoms with Crippen molar-refractivity contribution in [1.82, 2.24) is 15.5 Å². The van der Waals surface area contributed by atoms with Crippen LogP contribution in [0.3, 0.4) is 0 Å². The summed E-state index contributed by atoms with van der Waals surface area (Å²) in [6.07, 6.45) is 1.37. The summed E-state index contributed by atoms with van der Waals surface area (Å²) in [6, 6.07) is 14.4. The number of rotatable bonds is 13. The van der Waals surface area contributed by atoms with E-state index in [-0.39, 0.29) is 30.3 Å². The van der Waals surface area contributed by atoms with Crippen molar-refractivity contribution in [3.63, 3.8) is 0 Å². The molecule has 2 amide bonds. The molecule has 13 heteroatoms. The van der Waals surface area contributed by atoms with Crippen molar-refractivity contribution in [2.75, 3.05) is 5.32 Å². The number of ether oxygens (including phenoxy) is 1. The number of anilines is 1. The second-order valence-electron chi connectivity index (χ2n) is 8.70. The lowest BCUT2D eigenvalue weighted by atomic mass is 10.1. The first-order valence-corrected chi connectivity index (χ1v) is 13.1. The second-order valence-corrected chi connectivity index (χ2v) is 9.76. The number of nitrogens with zero attached hydrogens (tertiary/aromatic N) is 2. The monoisotopic (exact) mass is 574 g/mol. The molecule has 0 radical (unpaired) electrons. The summed E-state index contributed by atoms with van der Waals surface area (Å²) in [5.41, 5.74) is 13.8. The standard InChI is InChI=1S/C27H29F3N6O3S/c28-27(29,30)39-21-13-10-19(11-14-21)17-23(37)33-22(32)15-12-20(31)8-4-5-9-25-35-36-26(40-25)34-24(38)16-18-6-2-1-3-7-18/h1-3,6-7,10-15H,4-5,8-9,16-17,31-32H2,(H,33,37)(H,34,36,38)/b20-12-,22-15+. The third kappa shape index (κ3) is 11.6. The molecule has 0 fully saturated rings. The topological polar surface area (TPSA) is 145 Å². The van der Waals surface area contributed by atoms with Gasteiger partial charge < -0.3 is 26.8 Å². The van der Waals surface area contributed by atoms with Crippen molar-refractivity contribution in [3.8, 4) is 5.75 Å². The maximum Gasteiger partial charge on any atom is 0.573 e. The summed E-state index contributed by atoms with van der Waals surface area (Å²) < 4.78 is 40.5. The largest absolute Gasteiger partial charge is 0.573 e. The predicted octanol–water partition coefficient (Wildman–Crippen LogP) is 4.33. The van der Waals surface area contributed by atoms with Crippen LogP contribution in [0.1, 0.15) is 35.4 Å². The zero-order valence-corrected chi connectivity index (χ0v) is 22.2. The maximum absolute atomic E-state index is 12.2. The van der Waals surface area contributed by atoms with Crippen LogP contribution in [0.5, 0.6) is 5.75 Å². The van der Waals surface area contributed by atoms with E-state index in [0.717, 1.165) is 35.5 Å². The molecule has 9 nitrogen and oxygen atoms in total. The van der Waals surface area contributed by atoms with E-state index in [4.69, 9.17) is 11.5 Å². The van der Waals surface area contributed by atoms with E-state index in [2.05, 4.69) is 25.6 Å². The van der Waals surface area contributed by atoms with E-state index in [9.17, 15) is 22.8 Å². The van der Waals surface area contributed by atoms with E-state index < -0.39 is 12.3 Å². The Hall–Kier alpha value is -4.39. The number of carbonyl (C=O) groups excluding carboxylic acids is 2. The number of amides is 2. The minimum Gasteiger partial charge on any atom is -0.406 e. The Morgan fingerprint density at radius 1 is 0.900 bits per heavy atom. The molecule has 0 aliphatic heterocycles. The minimum atomic E-state index is -4.78. The zero-order valence-electron chi connectivity index (χ0n) is 21.4. The first kappa shape index (κ1) is 30.2. The lowest BCUT2D eigenvalue weighted by molar-refractivity contribution is -0.274. The van der Waals surface area contributed by atoms with Crippen molar-refractivity contribution >= 4 is 28.3 Å². The molecular weight excluding hydrogens is 545 g/mol. The average Bonchev–Trinajstić information content (AvgIpc) is 3.33. The van der Waals surface area contributed by atoms with Crippen molar-refractivity contribution in [3.05, 3.63) is 94.4 Å². The molecule has 40 heavy (non-hydrogen) atoms. The zero-order chi connectivity index (χ0) is 29.0. The molecule has 0 saturated heterocycles. The number of unbranched alkanes of at least 4 members (excludes halogenated alkanes) is 1. The fraction of sp³-hybridized carbons (Fsp3) is 0.259. The van der Waals surface area contributed by atoms with Gasteiger partial charge in [-0.15, -0.1) is 23.4 Å². The molecule has 0 bridgehead atoms. The van der Waals surface area contributed by atoms with Gasteiger partial charge in [-0.1, -0.05) is 53.8 Å². The number of aromatic nitrogens is 2. The molecule has 1 aromatic heterocycles. The lowest BCUT2D eigenvalue weighted by Gasteiger charge is -2.09. The molecule has 2 aromatic carbocycles. The van der Waals surface area contributed by atoms with Crippen LogP contribution in [-0.4, -0.2) is 28.4 Å². The van der Waals surface area contributed by atoms with Gasteiger partial charge in [-0.05, 0) is 54.7 Å². The Kier molecular flexibility index (Phi) is 11.1. The van der Waals surface area contributed by atoms with Gasteiger partial charge in [-0.2, -0.15) is 0 Å². The summed E-state index contributed by atoms with van der Waals surface area (Å²) in [6.45, 7) is 0. The molecule has 0 atom stereocenters. The number of halogens is 3. The fourth-order valence-electron chi connectivity index (χ4n) is 3.48. The Balaban J connectivity index is 1.34. The van der Waals surface area contributed by atoms with Crippen LogP contribution in [0.2, 0.25) is 0 Å². The number of hydrogen-bond donors (Lipinski definition) is 4. The number of allylic oxidation sites excluding steroid dienone is 3. The Morgan fingerprint density at radius 3 is 2.27 bits per heavy atom. The van der Waals surface area contributed by atoms with Gasteiger partial charge in [0, 0.05) is 12.1 Å². The fourth-order valence-corrected chi connectivity index (χ4v) is 4.27. The van der Waals surface area contributed by atoms with Crippen LogP contribution in [0.15, 0.2) is 78.3 Å². The molecule has 212 valence electrons.